The first-order chi connectivity index (χ1) is 12.5. The Balaban J connectivity index is 0.000000920. The highest BCUT2D eigenvalue weighted by atomic mass is 16.2. The number of nitrogens with one attached hydrogen (secondary N) is 1. The summed E-state index contributed by atoms with van der Waals surface area (Å²) in [5.41, 5.74) is 2.34. The van der Waals surface area contributed by atoms with Crippen molar-refractivity contribution in [3.63, 3.8) is 0 Å². The Morgan fingerprint density at radius 1 is 1.00 bits per heavy atom. The van der Waals surface area contributed by atoms with Crippen molar-refractivity contribution in [1.82, 2.24) is 5.32 Å². The predicted octanol–water partition coefficient (Wildman–Crippen LogP) is 6.33. The first-order valence-electron chi connectivity index (χ1n) is 10.5. The topological polar surface area (TPSA) is 46.2 Å². The van der Waals surface area contributed by atoms with Gasteiger partial charge in [-0.25, -0.2) is 0 Å². The zero-order valence-corrected chi connectivity index (χ0v) is 17.7. The quantitative estimate of drug-likeness (QED) is 0.601. The van der Waals surface area contributed by atoms with Gasteiger partial charge in [0.1, 0.15) is 0 Å². The van der Waals surface area contributed by atoms with E-state index in [2.05, 4.69) is 45.1 Å². The van der Waals surface area contributed by atoms with Crippen molar-refractivity contribution >= 4 is 11.8 Å². The lowest BCUT2D eigenvalue weighted by Gasteiger charge is -2.21. The fraction of sp³-hybridized carbons (Fsp3) is 0.652. The van der Waals surface area contributed by atoms with Crippen LogP contribution in [-0.4, -0.2) is 11.8 Å². The molecule has 1 aromatic carbocycles. The van der Waals surface area contributed by atoms with E-state index in [1.165, 1.54) is 37.7 Å². The molecular weight excluding hydrogens is 322 g/mol. The van der Waals surface area contributed by atoms with Crippen molar-refractivity contribution in [1.29, 1.82) is 0 Å². The van der Waals surface area contributed by atoms with Crippen LogP contribution in [0.4, 0.5) is 0 Å². The van der Waals surface area contributed by atoms with E-state index in [9.17, 15) is 9.59 Å². The molecule has 2 unspecified atom stereocenters. The number of carbonyl (C=O) groups is 2. The maximum atomic E-state index is 11.8. The number of hydrogen-bond donors (Lipinski definition) is 1. The molecule has 1 N–H and O–H groups in total. The second-order valence-electron chi connectivity index (χ2n) is 6.71. The number of rotatable bonds is 6. The van der Waals surface area contributed by atoms with Crippen LogP contribution in [0, 0.1) is 0 Å². The molecule has 1 heterocycles. The standard InChI is InChI=1S/C17H23NO2.C4H10.C2H6/c1-3-4-5-12(2)13-6-8-14(9-7-13)15-10-11-16(19)18-17(15)20;1-3-4-2;1-2/h6-9,12,15H,3-5,10-11H2,1-2H3,(H,18,19,20);3-4H2,1-2H3;1-2H3. The Labute approximate surface area is 161 Å². The van der Waals surface area contributed by atoms with E-state index >= 15 is 0 Å². The maximum absolute atomic E-state index is 11.8. The van der Waals surface area contributed by atoms with Crippen molar-refractivity contribution in [3.8, 4) is 0 Å². The van der Waals surface area contributed by atoms with Crippen LogP contribution >= 0.6 is 0 Å². The summed E-state index contributed by atoms with van der Waals surface area (Å²) in [7, 11) is 0. The van der Waals surface area contributed by atoms with Gasteiger partial charge in [0, 0.05) is 6.42 Å². The van der Waals surface area contributed by atoms with Gasteiger partial charge < -0.3 is 0 Å². The largest absolute Gasteiger partial charge is 0.296 e. The molecule has 1 fully saturated rings. The van der Waals surface area contributed by atoms with Crippen LogP contribution in [0.25, 0.3) is 0 Å². The molecule has 1 saturated heterocycles. The SMILES string of the molecule is CC.CCCC.CCCCC(C)c1ccc(C2CCC(=O)NC2=O)cc1. The van der Waals surface area contributed by atoms with Crippen LogP contribution in [0.1, 0.15) is 109 Å². The van der Waals surface area contributed by atoms with Gasteiger partial charge in [-0.15, -0.1) is 0 Å². The molecule has 1 aliphatic rings. The van der Waals surface area contributed by atoms with Crippen LogP contribution in [0.15, 0.2) is 24.3 Å². The molecule has 2 amide bonds. The molecule has 3 nitrogen and oxygen atoms in total. The number of unbranched alkanes of at least 4 members (excludes halogenated alkanes) is 2. The van der Waals surface area contributed by atoms with E-state index in [1.807, 2.05) is 26.0 Å². The third kappa shape index (κ3) is 8.64. The molecule has 0 radical (unpaired) electrons. The average Bonchev–Trinajstić information content (AvgIpc) is 2.68. The van der Waals surface area contributed by atoms with Crippen LogP contribution < -0.4 is 5.32 Å². The third-order valence-corrected chi connectivity index (χ3v) is 4.64. The van der Waals surface area contributed by atoms with Crippen LogP contribution in [0.5, 0.6) is 0 Å². The number of benzene rings is 1. The number of piperidine rings is 1. The Hall–Kier alpha value is -1.64. The van der Waals surface area contributed by atoms with Gasteiger partial charge in [0.15, 0.2) is 0 Å². The molecule has 0 aliphatic carbocycles. The van der Waals surface area contributed by atoms with Gasteiger partial charge in [-0.2, -0.15) is 0 Å². The summed E-state index contributed by atoms with van der Waals surface area (Å²) < 4.78 is 0. The maximum Gasteiger partial charge on any atom is 0.234 e. The minimum absolute atomic E-state index is 0.156. The van der Waals surface area contributed by atoms with E-state index in [0.29, 0.717) is 18.8 Å². The van der Waals surface area contributed by atoms with Crippen molar-refractivity contribution in [3.05, 3.63) is 35.4 Å². The molecule has 0 bridgehead atoms. The van der Waals surface area contributed by atoms with Crippen LogP contribution in [-0.2, 0) is 9.59 Å². The molecule has 1 aromatic rings. The fourth-order valence-electron chi connectivity index (χ4n) is 2.75. The summed E-state index contributed by atoms with van der Waals surface area (Å²) in [5.74, 6) is 0.0718. The molecule has 0 spiro atoms. The van der Waals surface area contributed by atoms with E-state index in [0.717, 1.165) is 5.56 Å². The van der Waals surface area contributed by atoms with E-state index < -0.39 is 0 Å². The van der Waals surface area contributed by atoms with Gasteiger partial charge in [0.2, 0.25) is 11.8 Å². The third-order valence-electron chi connectivity index (χ3n) is 4.64. The Bertz CT molecular complexity index is 505. The molecule has 0 saturated carbocycles. The molecule has 1 aliphatic heterocycles. The Kier molecular flexibility index (Phi) is 13.6. The van der Waals surface area contributed by atoms with Crippen molar-refractivity contribution < 1.29 is 9.59 Å². The number of imide groups is 1. The minimum Gasteiger partial charge on any atom is -0.296 e. The van der Waals surface area contributed by atoms with Crippen molar-refractivity contribution in [2.75, 3.05) is 0 Å². The lowest BCUT2D eigenvalue weighted by Crippen LogP contribution is -2.39. The van der Waals surface area contributed by atoms with E-state index in [-0.39, 0.29) is 17.7 Å². The molecule has 3 heteroatoms. The van der Waals surface area contributed by atoms with Crippen molar-refractivity contribution in [2.24, 2.45) is 0 Å². The highest BCUT2D eigenvalue weighted by molar-refractivity contribution is 6.00. The molecule has 2 atom stereocenters. The normalized spacial score (nSPS) is 17.2. The molecule has 26 heavy (non-hydrogen) atoms. The zero-order chi connectivity index (χ0) is 19.9. The summed E-state index contributed by atoms with van der Waals surface area (Å²) in [4.78, 5) is 23.0. The summed E-state index contributed by atoms with van der Waals surface area (Å²) in [6.45, 7) is 12.8. The number of amides is 2. The number of carbonyl (C=O) groups excluding carboxylic acids is 2. The smallest absolute Gasteiger partial charge is 0.234 e. The van der Waals surface area contributed by atoms with Gasteiger partial charge in [0.25, 0.3) is 0 Å². The molecular formula is C23H39NO2. The average molecular weight is 362 g/mol. The molecule has 148 valence electrons. The lowest BCUT2D eigenvalue weighted by molar-refractivity contribution is -0.134. The summed E-state index contributed by atoms with van der Waals surface area (Å²) in [6, 6.07) is 8.33. The van der Waals surface area contributed by atoms with Crippen molar-refractivity contribution in [2.45, 2.75) is 98.3 Å². The van der Waals surface area contributed by atoms with Gasteiger partial charge in [-0.05, 0) is 29.9 Å². The zero-order valence-electron chi connectivity index (χ0n) is 17.7. The molecule has 0 aromatic heterocycles. The second-order valence-corrected chi connectivity index (χ2v) is 6.71. The van der Waals surface area contributed by atoms with Gasteiger partial charge in [0.05, 0.1) is 5.92 Å². The van der Waals surface area contributed by atoms with Crippen LogP contribution in [0.3, 0.4) is 0 Å². The lowest BCUT2D eigenvalue weighted by atomic mass is 9.88. The fourth-order valence-corrected chi connectivity index (χ4v) is 2.75. The van der Waals surface area contributed by atoms with Gasteiger partial charge in [-0.3, -0.25) is 14.9 Å². The monoisotopic (exact) mass is 361 g/mol. The van der Waals surface area contributed by atoms with E-state index in [1.54, 1.807) is 0 Å². The first kappa shape index (κ1) is 24.4. The second kappa shape index (κ2) is 14.5. The van der Waals surface area contributed by atoms with E-state index in [4.69, 9.17) is 0 Å². The Morgan fingerprint density at radius 2 is 1.58 bits per heavy atom. The highest BCUT2D eigenvalue weighted by Crippen LogP contribution is 2.27. The first-order valence-corrected chi connectivity index (χ1v) is 10.5. The molecule has 2 rings (SSSR count). The van der Waals surface area contributed by atoms with Crippen LogP contribution in [0.2, 0.25) is 0 Å². The predicted molar refractivity (Wildman–Crippen MR) is 111 cm³/mol. The highest BCUT2D eigenvalue weighted by Gasteiger charge is 2.27. The Morgan fingerprint density at radius 3 is 2.04 bits per heavy atom. The summed E-state index contributed by atoms with van der Waals surface area (Å²) >= 11 is 0. The summed E-state index contributed by atoms with van der Waals surface area (Å²) in [6.07, 6.45) is 7.36. The minimum atomic E-state index is -0.173. The summed E-state index contributed by atoms with van der Waals surface area (Å²) in [5, 5.41) is 2.42. The number of hydrogen-bond acceptors (Lipinski definition) is 2. The van der Waals surface area contributed by atoms with Gasteiger partial charge >= 0.3 is 0 Å². The van der Waals surface area contributed by atoms with Gasteiger partial charge in [-0.1, -0.05) is 91.5 Å².